The Bertz CT molecular complexity index is 412. The van der Waals surface area contributed by atoms with Crippen LogP contribution in [-0.4, -0.2) is 25.7 Å². The quantitative estimate of drug-likeness (QED) is 0.845. The molecule has 17 heavy (non-hydrogen) atoms. The van der Waals surface area contributed by atoms with E-state index in [9.17, 15) is 8.78 Å². The number of hydrogen-bond donors (Lipinski definition) is 1. The van der Waals surface area contributed by atoms with Gasteiger partial charge in [-0.05, 0) is 28.4 Å². The average molecular weight is 305 g/mol. The summed E-state index contributed by atoms with van der Waals surface area (Å²) in [6.45, 7) is 4.37. The van der Waals surface area contributed by atoms with Gasteiger partial charge in [-0.3, -0.25) is 0 Å². The Hall–Kier alpha value is -0.680. The van der Waals surface area contributed by atoms with Gasteiger partial charge in [0.2, 0.25) is 0 Å². The van der Waals surface area contributed by atoms with Crippen LogP contribution in [0.5, 0.6) is 0 Å². The normalized spacial score (nSPS) is 20.7. The number of hydrogen-bond acceptors (Lipinski definition) is 2. The van der Waals surface area contributed by atoms with Crippen molar-refractivity contribution in [1.82, 2.24) is 5.32 Å². The first kappa shape index (κ1) is 12.8. The smallest absolute Gasteiger partial charge is 0.147 e. The van der Waals surface area contributed by atoms with Crippen LogP contribution in [0, 0.1) is 11.6 Å². The van der Waals surface area contributed by atoms with Gasteiger partial charge in [0, 0.05) is 31.7 Å². The Labute approximate surface area is 108 Å². The largest absolute Gasteiger partial charge is 0.364 e. The summed E-state index contributed by atoms with van der Waals surface area (Å²) in [4.78, 5) is 1.95. The Morgan fingerprint density at radius 2 is 2.18 bits per heavy atom. The molecule has 0 aromatic heterocycles. The molecule has 1 N–H and O–H groups in total. The molecule has 0 spiro atoms. The molecule has 1 atom stereocenters. The molecule has 0 radical (unpaired) electrons. The molecule has 0 aliphatic carbocycles. The summed E-state index contributed by atoms with van der Waals surface area (Å²) >= 11 is 2.99. The van der Waals surface area contributed by atoms with Gasteiger partial charge in [-0.25, -0.2) is 8.78 Å². The number of piperazine rings is 1. The third-order valence-corrected chi connectivity index (χ3v) is 3.73. The Balaban J connectivity index is 2.34. The van der Waals surface area contributed by atoms with Gasteiger partial charge in [0.05, 0.1) is 10.2 Å². The van der Waals surface area contributed by atoms with Crippen LogP contribution >= 0.6 is 15.9 Å². The van der Waals surface area contributed by atoms with Crippen LogP contribution in [0.2, 0.25) is 0 Å². The van der Waals surface area contributed by atoms with Gasteiger partial charge in [-0.15, -0.1) is 0 Å². The van der Waals surface area contributed by atoms with E-state index in [0.717, 1.165) is 19.5 Å². The molecule has 0 saturated carbocycles. The van der Waals surface area contributed by atoms with Crippen molar-refractivity contribution in [2.45, 2.75) is 19.4 Å². The van der Waals surface area contributed by atoms with Gasteiger partial charge in [0.15, 0.2) is 0 Å². The molecule has 1 aliphatic heterocycles. The van der Waals surface area contributed by atoms with E-state index in [0.29, 0.717) is 12.2 Å². The maximum absolute atomic E-state index is 13.9. The van der Waals surface area contributed by atoms with Gasteiger partial charge in [0.1, 0.15) is 11.6 Å². The van der Waals surface area contributed by atoms with Crippen molar-refractivity contribution in [3.8, 4) is 0 Å². The minimum atomic E-state index is -0.421. The van der Waals surface area contributed by atoms with Gasteiger partial charge in [-0.1, -0.05) is 6.92 Å². The van der Waals surface area contributed by atoms with Crippen LogP contribution < -0.4 is 10.2 Å². The molecule has 1 aromatic carbocycles. The summed E-state index contributed by atoms with van der Waals surface area (Å²) < 4.78 is 27.5. The molecule has 1 unspecified atom stereocenters. The van der Waals surface area contributed by atoms with Crippen LogP contribution in [0.1, 0.15) is 13.3 Å². The highest BCUT2D eigenvalue weighted by Crippen LogP contribution is 2.28. The zero-order valence-corrected chi connectivity index (χ0v) is 11.2. The summed E-state index contributed by atoms with van der Waals surface area (Å²) in [7, 11) is 0. The molecule has 0 amide bonds. The van der Waals surface area contributed by atoms with Crippen molar-refractivity contribution >= 4 is 21.6 Å². The minimum absolute atomic E-state index is 0.168. The Morgan fingerprint density at radius 1 is 1.41 bits per heavy atom. The van der Waals surface area contributed by atoms with Crippen LogP contribution in [-0.2, 0) is 0 Å². The first-order valence-corrected chi connectivity index (χ1v) is 6.54. The van der Waals surface area contributed by atoms with Gasteiger partial charge >= 0.3 is 0 Å². The van der Waals surface area contributed by atoms with Gasteiger partial charge in [0.25, 0.3) is 0 Å². The maximum Gasteiger partial charge on any atom is 0.147 e. The van der Waals surface area contributed by atoms with Gasteiger partial charge < -0.3 is 10.2 Å². The van der Waals surface area contributed by atoms with Gasteiger partial charge in [-0.2, -0.15) is 0 Å². The molecule has 1 heterocycles. The van der Waals surface area contributed by atoms with Crippen molar-refractivity contribution in [1.29, 1.82) is 0 Å². The van der Waals surface area contributed by atoms with Crippen molar-refractivity contribution in [2.24, 2.45) is 0 Å². The summed E-state index contributed by atoms with van der Waals surface area (Å²) in [5.41, 5.74) is 0.360. The number of nitrogens with zero attached hydrogens (tertiary/aromatic N) is 1. The van der Waals surface area contributed by atoms with Crippen molar-refractivity contribution < 1.29 is 8.78 Å². The third-order valence-electron chi connectivity index (χ3n) is 3.12. The van der Waals surface area contributed by atoms with E-state index in [1.54, 1.807) is 0 Å². The lowest BCUT2D eigenvalue weighted by Gasteiger charge is -2.37. The second-order valence-corrected chi connectivity index (χ2v) is 5.03. The summed E-state index contributed by atoms with van der Waals surface area (Å²) in [6.07, 6.45) is 0.907. The van der Waals surface area contributed by atoms with E-state index >= 15 is 0 Å². The number of nitrogens with one attached hydrogen (secondary N) is 1. The average Bonchev–Trinajstić information content (AvgIpc) is 2.34. The standard InChI is InChI=1S/C12H15BrF2N2/c1-2-8-7-16-3-4-17(8)12-6-10(14)9(13)5-11(12)15/h5-6,8,16H,2-4,7H2,1H3. The maximum atomic E-state index is 13.9. The van der Waals surface area contributed by atoms with E-state index < -0.39 is 5.82 Å². The molecule has 1 aliphatic rings. The molecule has 0 bridgehead atoms. The lowest BCUT2D eigenvalue weighted by atomic mass is 10.1. The third kappa shape index (κ3) is 2.60. The fraction of sp³-hybridized carbons (Fsp3) is 0.500. The Kier molecular flexibility index (Phi) is 3.99. The predicted octanol–water partition coefficient (Wildman–Crippen LogP) is 2.92. The first-order chi connectivity index (χ1) is 8.13. The molecule has 1 aromatic rings. The van der Waals surface area contributed by atoms with E-state index in [4.69, 9.17) is 0 Å². The molecule has 2 rings (SSSR count). The minimum Gasteiger partial charge on any atom is -0.364 e. The van der Waals surface area contributed by atoms with E-state index in [-0.39, 0.29) is 16.3 Å². The lowest BCUT2D eigenvalue weighted by Crippen LogP contribution is -2.51. The number of anilines is 1. The van der Waals surface area contributed by atoms with Crippen LogP contribution in [0.3, 0.4) is 0 Å². The fourth-order valence-electron chi connectivity index (χ4n) is 2.17. The number of rotatable bonds is 2. The molecule has 2 nitrogen and oxygen atoms in total. The topological polar surface area (TPSA) is 15.3 Å². The molecular weight excluding hydrogens is 290 g/mol. The molecule has 1 fully saturated rings. The van der Waals surface area contributed by atoms with Crippen LogP contribution in [0.25, 0.3) is 0 Å². The summed E-state index contributed by atoms with van der Waals surface area (Å²) in [6, 6.07) is 2.69. The van der Waals surface area contributed by atoms with Crippen molar-refractivity contribution in [2.75, 3.05) is 24.5 Å². The van der Waals surface area contributed by atoms with Crippen molar-refractivity contribution in [3.63, 3.8) is 0 Å². The fourth-order valence-corrected chi connectivity index (χ4v) is 2.49. The monoisotopic (exact) mass is 304 g/mol. The first-order valence-electron chi connectivity index (χ1n) is 5.75. The van der Waals surface area contributed by atoms with Crippen LogP contribution in [0.15, 0.2) is 16.6 Å². The molecule has 1 saturated heterocycles. The molecule has 94 valence electrons. The number of benzene rings is 1. The lowest BCUT2D eigenvalue weighted by molar-refractivity contribution is 0.457. The number of halogens is 3. The molecular formula is C12H15BrF2N2. The van der Waals surface area contributed by atoms with Crippen molar-refractivity contribution in [3.05, 3.63) is 28.2 Å². The second-order valence-electron chi connectivity index (χ2n) is 4.18. The van der Waals surface area contributed by atoms with Crippen LogP contribution in [0.4, 0.5) is 14.5 Å². The Morgan fingerprint density at radius 3 is 2.88 bits per heavy atom. The highest BCUT2D eigenvalue weighted by Gasteiger charge is 2.24. The zero-order valence-electron chi connectivity index (χ0n) is 9.64. The highest BCUT2D eigenvalue weighted by atomic mass is 79.9. The zero-order chi connectivity index (χ0) is 12.4. The summed E-state index contributed by atoms with van der Waals surface area (Å²) in [5.74, 6) is -0.798. The summed E-state index contributed by atoms with van der Waals surface area (Å²) in [5, 5.41) is 3.26. The SMILES string of the molecule is CCC1CNCCN1c1cc(F)c(Br)cc1F. The molecule has 5 heteroatoms. The van der Waals surface area contributed by atoms with E-state index in [2.05, 4.69) is 28.2 Å². The predicted molar refractivity (Wildman–Crippen MR) is 68.4 cm³/mol. The van der Waals surface area contributed by atoms with E-state index in [1.807, 2.05) is 4.90 Å². The van der Waals surface area contributed by atoms with E-state index in [1.165, 1.54) is 12.1 Å². The second kappa shape index (κ2) is 5.31. The highest BCUT2D eigenvalue weighted by molar-refractivity contribution is 9.10.